The first-order valence-electron chi connectivity index (χ1n) is 7.41. The summed E-state index contributed by atoms with van der Waals surface area (Å²) in [5.41, 5.74) is 3.29. The van der Waals surface area contributed by atoms with Crippen LogP contribution in [0.25, 0.3) is 0 Å². The second-order valence-electron chi connectivity index (χ2n) is 6.25. The van der Waals surface area contributed by atoms with Crippen molar-refractivity contribution in [2.45, 2.75) is 18.3 Å². The van der Waals surface area contributed by atoms with Crippen LogP contribution in [-0.2, 0) is 5.41 Å². The Morgan fingerprint density at radius 2 is 1.74 bits per heavy atom. The van der Waals surface area contributed by atoms with Crippen molar-refractivity contribution in [2.24, 2.45) is 0 Å². The average Bonchev–Trinajstić information content (AvgIpc) is 3.21. The number of nitrogens with zero attached hydrogens (tertiary/aromatic N) is 2. The SMILES string of the molecule is CN(C)c1ccc(C2(CN3CCNCC3)CC2)cc1. The highest BCUT2D eigenvalue weighted by molar-refractivity contribution is 5.48. The van der Waals surface area contributed by atoms with Crippen LogP contribution in [0.3, 0.4) is 0 Å². The molecule has 104 valence electrons. The molecule has 1 saturated carbocycles. The van der Waals surface area contributed by atoms with E-state index in [1.807, 2.05) is 0 Å². The Balaban J connectivity index is 1.69. The first-order valence-corrected chi connectivity index (χ1v) is 7.41. The number of hydrogen-bond acceptors (Lipinski definition) is 3. The number of piperazine rings is 1. The summed E-state index contributed by atoms with van der Waals surface area (Å²) in [5, 5.41) is 3.43. The molecule has 2 aliphatic rings. The molecule has 1 N–H and O–H groups in total. The maximum absolute atomic E-state index is 3.43. The zero-order valence-electron chi connectivity index (χ0n) is 12.2. The third-order valence-electron chi connectivity index (χ3n) is 4.59. The lowest BCUT2D eigenvalue weighted by Crippen LogP contribution is -2.46. The summed E-state index contributed by atoms with van der Waals surface area (Å²) in [5.74, 6) is 0. The summed E-state index contributed by atoms with van der Waals surface area (Å²) < 4.78 is 0. The summed E-state index contributed by atoms with van der Waals surface area (Å²) in [7, 11) is 4.20. The third kappa shape index (κ3) is 2.77. The van der Waals surface area contributed by atoms with Crippen molar-refractivity contribution in [3.8, 4) is 0 Å². The van der Waals surface area contributed by atoms with Gasteiger partial charge in [-0.3, -0.25) is 4.90 Å². The van der Waals surface area contributed by atoms with E-state index in [0.29, 0.717) is 5.41 Å². The van der Waals surface area contributed by atoms with Crippen LogP contribution in [0, 0.1) is 0 Å². The molecule has 3 heteroatoms. The Labute approximate surface area is 116 Å². The van der Waals surface area contributed by atoms with Gasteiger partial charge in [-0.05, 0) is 30.5 Å². The molecule has 0 unspecified atom stereocenters. The number of rotatable bonds is 4. The van der Waals surface area contributed by atoms with Crippen molar-refractivity contribution >= 4 is 5.69 Å². The molecule has 0 aromatic heterocycles. The van der Waals surface area contributed by atoms with E-state index in [1.54, 1.807) is 0 Å². The molecule has 0 spiro atoms. The Bertz CT molecular complexity index is 414. The first kappa shape index (κ1) is 12.9. The quantitative estimate of drug-likeness (QED) is 0.888. The maximum Gasteiger partial charge on any atom is 0.0361 e. The van der Waals surface area contributed by atoms with Crippen molar-refractivity contribution in [1.82, 2.24) is 10.2 Å². The molecule has 0 bridgehead atoms. The van der Waals surface area contributed by atoms with E-state index < -0.39 is 0 Å². The first-order chi connectivity index (χ1) is 9.20. The molecule has 3 rings (SSSR count). The lowest BCUT2D eigenvalue weighted by Gasteiger charge is -2.31. The predicted molar refractivity (Wildman–Crippen MR) is 81.0 cm³/mol. The molecule has 19 heavy (non-hydrogen) atoms. The maximum atomic E-state index is 3.43. The van der Waals surface area contributed by atoms with E-state index in [1.165, 1.54) is 43.7 Å². The van der Waals surface area contributed by atoms with E-state index in [9.17, 15) is 0 Å². The highest BCUT2D eigenvalue weighted by atomic mass is 15.2. The van der Waals surface area contributed by atoms with Gasteiger partial charge in [0.2, 0.25) is 0 Å². The number of anilines is 1. The van der Waals surface area contributed by atoms with Gasteiger partial charge in [0.25, 0.3) is 0 Å². The lowest BCUT2D eigenvalue weighted by atomic mass is 9.94. The van der Waals surface area contributed by atoms with Crippen LogP contribution < -0.4 is 10.2 Å². The van der Waals surface area contributed by atoms with Gasteiger partial charge in [0.1, 0.15) is 0 Å². The van der Waals surface area contributed by atoms with Crippen molar-refractivity contribution in [3.63, 3.8) is 0 Å². The second-order valence-corrected chi connectivity index (χ2v) is 6.25. The van der Waals surface area contributed by atoms with Crippen LogP contribution in [0.15, 0.2) is 24.3 Å². The highest BCUT2D eigenvalue weighted by Crippen LogP contribution is 2.49. The summed E-state index contributed by atoms with van der Waals surface area (Å²) in [4.78, 5) is 4.79. The highest BCUT2D eigenvalue weighted by Gasteiger charge is 2.45. The van der Waals surface area contributed by atoms with Gasteiger partial charge < -0.3 is 10.2 Å². The number of hydrogen-bond donors (Lipinski definition) is 1. The zero-order valence-corrected chi connectivity index (χ0v) is 12.2. The molecule has 1 heterocycles. The molecule has 1 saturated heterocycles. The standard InChI is InChI=1S/C16H25N3/c1-18(2)15-5-3-14(4-6-15)16(7-8-16)13-19-11-9-17-10-12-19/h3-6,17H,7-13H2,1-2H3. The van der Waals surface area contributed by atoms with E-state index in [4.69, 9.17) is 0 Å². The topological polar surface area (TPSA) is 18.5 Å². The molecule has 2 fully saturated rings. The molecule has 3 nitrogen and oxygen atoms in total. The van der Waals surface area contributed by atoms with E-state index in [2.05, 4.69) is 53.5 Å². The molecule has 1 aromatic carbocycles. The molecule has 0 radical (unpaired) electrons. The minimum Gasteiger partial charge on any atom is -0.378 e. The summed E-state index contributed by atoms with van der Waals surface area (Å²) >= 11 is 0. The van der Waals surface area contributed by atoms with Crippen LogP contribution in [0.4, 0.5) is 5.69 Å². The largest absolute Gasteiger partial charge is 0.378 e. The zero-order chi connectivity index (χ0) is 13.3. The summed E-state index contributed by atoms with van der Waals surface area (Å²) in [6, 6.07) is 9.19. The van der Waals surface area contributed by atoms with Gasteiger partial charge >= 0.3 is 0 Å². The Hall–Kier alpha value is -1.06. The fourth-order valence-corrected chi connectivity index (χ4v) is 3.10. The minimum absolute atomic E-state index is 0.460. The van der Waals surface area contributed by atoms with Gasteiger partial charge in [-0.15, -0.1) is 0 Å². The van der Waals surface area contributed by atoms with Crippen molar-refractivity contribution in [1.29, 1.82) is 0 Å². The van der Waals surface area contributed by atoms with Gasteiger partial charge in [0, 0.05) is 57.9 Å². The Morgan fingerprint density at radius 1 is 1.11 bits per heavy atom. The van der Waals surface area contributed by atoms with Crippen molar-refractivity contribution < 1.29 is 0 Å². The molecule has 1 aromatic rings. The molecular weight excluding hydrogens is 234 g/mol. The van der Waals surface area contributed by atoms with E-state index in [0.717, 1.165) is 13.1 Å². The Kier molecular flexibility index (Phi) is 3.50. The van der Waals surface area contributed by atoms with Crippen LogP contribution in [-0.4, -0.2) is 51.7 Å². The van der Waals surface area contributed by atoms with Crippen LogP contribution >= 0.6 is 0 Å². The minimum atomic E-state index is 0.460. The van der Waals surface area contributed by atoms with Gasteiger partial charge in [-0.1, -0.05) is 12.1 Å². The van der Waals surface area contributed by atoms with Crippen LogP contribution in [0.2, 0.25) is 0 Å². The monoisotopic (exact) mass is 259 g/mol. The lowest BCUT2D eigenvalue weighted by molar-refractivity contribution is 0.221. The molecule has 0 amide bonds. The van der Waals surface area contributed by atoms with Crippen LogP contribution in [0.5, 0.6) is 0 Å². The molecule has 1 aliphatic carbocycles. The van der Waals surface area contributed by atoms with Gasteiger partial charge in [0.05, 0.1) is 0 Å². The molecule has 1 aliphatic heterocycles. The second kappa shape index (κ2) is 5.14. The number of benzene rings is 1. The third-order valence-corrected chi connectivity index (χ3v) is 4.59. The van der Waals surface area contributed by atoms with Gasteiger partial charge in [-0.25, -0.2) is 0 Å². The Morgan fingerprint density at radius 3 is 2.26 bits per heavy atom. The molecule has 0 atom stereocenters. The van der Waals surface area contributed by atoms with Crippen LogP contribution in [0.1, 0.15) is 18.4 Å². The average molecular weight is 259 g/mol. The number of nitrogens with one attached hydrogen (secondary N) is 1. The van der Waals surface area contributed by atoms with E-state index in [-0.39, 0.29) is 0 Å². The van der Waals surface area contributed by atoms with Crippen molar-refractivity contribution in [2.75, 3.05) is 51.7 Å². The van der Waals surface area contributed by atoms with Gasteiger partial charge in [0.15, 0.2) is 0 Å². The smallest absolute Gasteiger partial charge is 0.0361 e. The summed E-state index contributed by atoms with van der Waals surface area (Å²) in [6.07, 6.45) is 2.72. The van der Waals surface area contributed by atoms with Crippen molar-refractivity contribution in [3.05, 3.63) is 29.8 Å². The normalized spacial score (nSPS) is 22.2. The fourth-order valence-electron chi connectivity index (χ4n) is 3.10. The van der Waals surface area contributed by atoms with E-state index >= 15 is 0 Å². The van der Waals surface area contributed by atoms with Gasteiger partial charge in [-0.2, -0.15) is 0 Å². The predicted octanol–water partition coefficient (Wildman–Crippen LogP) is 1.69. The molecular formula is C16H25N3. The summed E-state index contributed by atoms with van der Waals surface area (Å²) in [6.45, 7) is 5.95. The fraction of sp³-hybridized carbons (Fsp3) is 0.625.